The van der Waals surface area contributed by atoms with Crippen molar-refractivity contribution in [2.75, 3.05) is 6.61 Å². The number of para-hydroxylation sites is 1. The van der Waals surface area contributed by atoms with Gasteiger partial charge in [-0.1, -0.05) is 32.9 Å². The fourth-order valence-corrected chi connectivity index (χ4v) is 2.24. The van der Waals surface area contributed by atoms with Crippen molar-refractivity contribution in [3.63, 3.8) is 0 Å². The molecule has 5 nitrogen and oxygen atoms in total. The van der Waals surface area contributed by atoms with E-state index in [1.807, 2.05) is 34.0 Å². The Labute approximate surface area is 141 Å². The normalized spacial score (nSPS) is 12.7. The van der Waals surface area contributed by atoms with Crippen molar-refractivity contribution in [1.82, 2.24) is 15.1 Å². The number of ether oxygens (including phenoxy) is 1. The second kappa shape index (κ2) is 7.47. The lowest BCUT2D eigenvalue weighted by Gasteiger charge is -2.31. The van der Waals surface area contributed by atoms with Gasteiger partial charge in [0.25, 0.3) is 0 Å². The molecule has 0 saturated carbocycles. The van der Waals surface area contributed by atoms with Crippen LogP contribution >= 0.6 is 0 Å². The third-order valence-corrected chi connectivity index (χ3v) is 3.75. The molecule has 0 bridgehead atoms. The molecule has 0 spiro atoms. The van der Waals surface area contributed by atoms with E-state index in [1.165, 1.54) is 6.07 Å². The molecule has 0 radical (unpaired) electrons. The average Bonchev–Trinajstić information content (AvgIpc) is 2.89. The van der Waals surface area contributed by atoms with Crippen LogP contribution in [-0.4, -0.2) is 28.3 Å². The molecule has 0 aliphatic carbocycles. The highest BCUT2D eigenvalue weighted by Gasteiger charge is 2.27. The van der Waals surface area contributed by atoms with Gasteiger partial charge in [0.15, 0.2) is 11.6 Å². The summed E-state index contributed by atoms with van der Waals surface area (Å²) < 4.78 is 20.9. The van der Waals surface area contributed by atoms with Crippen molar-refractivity contribution in [1.29, 1.82) is 0 Å². The number of carbonyl (C=O) groups is 1. The monoisotopic (exact) mass is 333 g/mol. The third kappa shape index (κ3) is 5.08. The standard InChI is InChI=1S/C18H24FN3O2/c1-18(2,3)16(12-24-15-8-6-5-7-14(15)19)21-17(23)9-13-10-20-22(4)11-13/h5-8,10-11,16H,9,12H2,1-4H3,(H,21,23). The molecule has 2 aromatic rings. The summed E-state index contributed by atoms with van der Waals surface area (Å²) >= 11 is 0. The molecule has 130 valence electrons. The number of benzene rings is 1. The topological polar surface area (TPSA) is 56.2 Å². The van der Waals surface area contributed by atoms with E-state index in [0.717, 1.165) is 5.56 Å². The Balaban J connectivity index is 1.98. The summed E-state index contributed by atoms with van der Waals surface area (Å²) in [6.45, 7) is 6.22. The highest BCUT2D eigenvalue weighted by molar-refractivity contribution is 5.78. The van der Waals surface area contributed by atoms with E-state index in [2.05, 4.69) is 10.4 Å². The molecular formula is C18H24FN3O2. The zero-order valence-electron chi connectivity index (χ0n) is 14.5. The lowest BCUT2D eigenvalue weighted by molar-refractivity contribution is -0.122. The van der Waals surface area contributed by atoms with Gasteiger partial charge in [-0.25, -0.2) is 4.39 Å². The lowest BCUT2D eigenvalue weighted by Crippen LogP contribution is -2.48. The van der Waals surface area contributed by atoms with E-state index in [1.54, 1.807) is 29.1 Å². The predicted molar refractivity (Wildman–Crippen MR) is 90.2 cm³/mol. The van der Waals surface area contributed by atoms with Crippen LogP contribution < -0.4 is 10.1 Å². The van der Waals surface area contributed by atoms with Gasteiger partial charge in [-0.15, -0.1) is 0 Å². The number of hydrogen-bond donors (Lipinski definition) is 1. The summed E-state index contributed by atoms with van der Waals surface area (Å²) in [5.41, 5.74) is 0.619. The van der Waals surface area contributed by atoms with Crippen LogP contribution in [0.5, 0.6) is 5.75 Å². The summed E-state index contributed by atoms with van der Waals surface area (Å²) in [6, 6.07) is 6.00. The van der Waals surface area contributed by atoms with Gasteiger partial charge < -0.3 is 10.1 Å². The van der Waals surface area contributed by atoms with Gasteiger partial charge in [0, 0.05) is 13.2 Å². The second-order valence-electron chi connectivity index (χ2n) is 6.93. The minimum atomic E-state index is -0.410. The van der Waals surface area contributed by atoms with Crippen LogP contribution in [-0.2, 0) is 18.3 Å². The largest absolute Gasteiger partial charge is 0.488 e. The molecule has 0 fully saturated rings. The van der Waals surface area contributed by atoms with Crippen LogP contribution in [0.25, 0.3) is 0 Å². The SMILES string of the molecule is Cn1cc(CC(=O)NC(COc2ccccc2F)C(C)(C)C)cn1. The lowest BCUT2D eigenvalue weighted by atomic mass is 9.87. The summed E-state index contributed by atoms with van der Waals surface area (Å²) in [6.07, 6.45) is 3.73. The number of rotatable bonds is 6. The smallest absolute Gasteiger partial charge is 0.224 e. The molecule has 1 unspecified atom stereocenters. The molecule has 1 atom stereocenters. The Bertz CT molecular complexity index is 692. The predicted octanol–water partition coefficient (Wildman–Crippen LogP) is 2.71. The molecule has 0 aliphatic rings. The summed E-state index contributed by atoms with van der Waals surface area (Å²) in [7, 11) is 1.81. The molecule has 1 aromatic carbocycles. The van der Waals surface area contributed by atoms with E-state index < -0.39 is 5.82 Å². The minimum absolute atomic E-state index is 0.111. The maximum absolute atomic E-state index is 13.7. The fraction of sp³-hybridized carbons (Fsp3) is 0.444. The van der Waals surface area contributed by atoms with Crippen molar-refractivity contribution >= 4 is 5.91 Å². The van der Waals surface area contributed by atoms with E-state index in [9.17, 15) is 9.18 Å². The number of aromatic nitrogens is 2. The van der Waals surface area contributed by atoms with Crippen LogP contribution in [0.4, 0.5) is 4.39 Å². The van der Waals surface area contributed by atoms with E-state index in [-0.39, 0.29) is 36.1 Å². The van der Waals surface area contributed by atoms with Crippen molar-refractivity contribution < 1.29 is 13.9 Å². The molecule has 24 heavy (non-hydrogen) atoms. The van der Waals surface area contributed by atoms with Gasteiger partial charge in [0.1, 0.15) is 6.61 Å². The summed E-state index contributed by atoms with van der Waals surface area (Å²) in [5, 5.41) is 7.03. The first kappa shape index (κ1) is 18.0. The highest BCUT2D eigenvalue weighted by Crippen LogP contribution is 2.22. The van der Waals surface area contributed by atoms with Crippen LogP contribution in [0.3, 0.4) is 0 Å². The number of amides is 1. The Morgan fingerprint density at radius 1 is 1.38 bits per heavy atom. The molecule has 0 aliphatic heterocycles. The van der Waals surface area contributed by atoms with Crippen LogP contribution in [0.2, 0.25) is 0 Å². The van der Waals surface area contributed by atoms with Crippen molar-refractivity contribution in [3.8, 4) is 5.75 Å². The van der Waals surface area contributed by atoms with Gasteiger partial charge in [-0.05, 0) is 23.1 Å². The van der Waals surface area contributed by atoms with Crippen LogP contribution in [0.1, 0.15) is 26.3 Å². The Morgan fingerprint density at radius 2 is 2.08 bits per heavy atom. The van der Waals surface area contributed by atoms with Gasteiger partial charge in [-0.2, -0.15) is 5.10 Å². The number of aryl methyl sites for hydroxylation is 1. The van der Waals surface area contributed by atoms with Crippen molar-refractivity contribution in [2.45, 2.75) is 33.2 Å². The molecule has 1 heterocycles. The fourth-order valence-electron chi connectivity index (χ4n) is 2.24. The highest BCUT2D eigenvalue weighted by atomic mass is 19.1. The maximum atomic E-state index is 13.7. The third-order valence-electron chi connectivity index (χ3n) is 3.75. The van der Waals surface area contributed by atoms with Crippen LogP contribution in [0.15, 0.2) is 36.7 Å². The second-order valence-corrected chi connectivity index (χ2v) is 6.93. The number of nitrogens with one attached hydrogen (secondary N) is 1. The molecule has 2 rings (SSSR count). The molecule has 1 aromatic heterocycles. The Morgan fingerprint density at radius 3 is 2.67 bits per heavy atom. The first-order chi connectivity index (χ1) is 11.3. The maximum Gasteiger partial charge on any atom is 0.224 e. The van der Waals surface area contributed by atoms with E-state index >= 15 is 0 Å². The number of halogens is 1. The number of hydrogen-bond acceptors (Lipinski definition) is 3. The van der Waals surface area contributed by atoms with Gasteiger partial charge >= 0.3 is 0 Å². The molecular weight excluding hydrogens is 309 g/mol. The van der Waals surface area contributed by atoms with E-state index in [0.29, 0.717) is 0 Å². The quantitative estimate of drug-likeness (QED) is 0.884. The van der Waals surface area contributed by atoms with E-state index in [4.69, 9.17) is 4.74 Å². The molecule has 1 amide bonds. The zero-order valence-corrected chi connectivity index (χ0v) is 14.5. The average molecular weight is 333 g/mol. The van der Waals surface area contributed by atoms with Gasteiger partial charge in [0.2, 0.25) is 5.91 Å². The zero-order chi connectivity index (χ0) is 17.7. The first-order valence-electron chi connectivity index (χ1n) is 7.90. The Kier molecular flexibility index (Phi) is 5.59. The Hall–Kier alpha value is -2.37. The minimum Gasteiger partial charge on any atom is -0.488 e. The summed E-state index contributed by atoms with van der Waals surface area (Å²) in [5.74, 6) is -0.333. The van der Waals surface area contributed by atoms with Crippen molar-refractivity contribution in [3.05, 3.63) is 48.0 Å². The summed E-state index contributed by atoms with van der Waals surface area (Å²) in [4.78, 5) is 12.3. The number of nitrogens with zero attached hydrogens (tertiary/aromatic N) is 2. The number of carbonyl (C=O) groups excluding carboxylic acids is 1. The van der Waals surface area contributed by atoms with Crippen LogP contribution in [0, 0.1) is 11.2 Å². The van der Waals surface area contributed by atoms with Gasteiger partial charge in [-0.3, -0.25) is 9.48 Å². The first-order valence-corrected chi connectivity index (χ1v) is 7.90. The van der Waals surface area contributed by atoms with Crippen molar-refractivity contribution in [2.24, 2.45) is 12.5 Å². The molecule has 1 N–H and O–H groups in total. The molecule has 0 saturated heterocycles. The van der Waals surface area contributed by atoms with Gasteiger partial charge in [0.05, 0.1) is 18.7 Å². The molecule has 6 heteroatoms.